The van der Waals surface area contributed by atoms with Gasteiger partial charge in [0.15, 0.2) is 0 Å². The zero-order valence-electron chi connectivity index (χ0n) is 12.0. The van der Waals surface area contributed by atoms with Gasteiger partial charge in [0.25, 0.3) is 5.91 Å². The summed E-state index contributed by atoms with van der Waals surface area (Å²) >= 11 is 1.82. The summed E-state index contributed by atoms with van der Waals surface area (Å²) in [7, 11) is 0. The highest BCUT2D eigenvalue weighted by molar-refractivity contribution is 7.98. The molecular formula is C16H21NO2S. The quantitative estimate of drug-likeness (QED) is 0.624. The van der Waals surface area contributed by atoms with Gasteiger partial charge in [-0.15, -0.1) is 0 Å². The third-order valence-corrected chi connectivity index (χ3v) is 3.48. The molecule has 0 atom stereocenters. The molecule has 1 aromatic carbocycles. The number of thioether (sulfide) groups is 1. The number of unbranched alkanes of at least 4 members (excludes halogenated alkanes) is 1. The maximum atomic E-state index is 12.1. The Morgan fingerprint density at radius 2 is 2.20 bits per heavy atom. The molecule has 0 aliphatic carbocycles. The second kappa shape index (κ2) is 9.46. The minimum Gasteiger partial charge on any atom is -0.384 e. The van der Waals surface area contributed by atoms with Gasteiger partial charge in [-0.1, -0.05) is 17.9 Å². The van der Waals surface area contributed by atoms with E-state index in [4.69, 9.17) is 5.11 Å². The highest BCUT2D eigenvalue weighted by atomic mass is 32.2. The number of aryl methyl sites for hydroxylation is 1. The molecule has 0 heterocycles. The molecular weight excluding hydrogens is 270 g/mol. The summed E-state index contributed by atoms with van der Waals surface area (Å²) in [6.07, 6.45) is 4.17. The molecule has 0 radical (unpaired) electrons. The third kappa shape index (κ3) is 5.68. The van der Waals surface area contributed by atoms with Gasteiger partial charge >= 0.3 is 0 Å². The van der Waals surface area contributed by atoms with Crippen LogP contribution in [-0.2, 0) is 0 Å². The Morgan fingerprint density at radius 3 is 2.90 bits per heavy atom. The number of hydrogen-bond acceptors (Lipinski definition) is 3. The first kappa shape index (κ1) is 16.6. The maximum absolute atomic E-state index is 12.1. The largest absolute Gasteiger partial charge is 0.384 e. The lowest BCUT2D eigenvalue weighted by atomic mass is 10.0. The molecule has 0 fully saturated rings. The van der Waals surface area contributed by atoms with Crippen LogP contribution in [0.2, 0.25) is 0 Å². The number of nitrogens with one attached hydrogen (secondary N) is 1. The molecule has 0 bridgehead atoms. The topological polar surface area (TPSA) is 49.3 Å². The highest BCUT2D eigenvalue weighted by Crippen LogP contribution is 2.11. The average Bonchev–Trinajstić information content (AvgIpc) is 2.44. The highest BCUT2D eigenvalue weighted by Gasteiger charge is 2.09. The lowest BCUT2D eigenvalue weighted by Crippen LogP contribution is -2.25. The zero-order valence-corrected chi connectivity index (χ0v) is 12.8. The molecule has 4 heteroatoms. The third-order valence-electron chi connectivity index (χ3n) is 2.78. The SMILES string of the molecule is CSCCCCNC(=O)c1ccc(C)cc1C#CCO. The lowest BCUT2D eigenvalue weighted by molar-refractivity contribution is 0.0953. The van der Waals surface area contributed by atoms with Crippen molar-refractivity contribution >= 4 is 17.7 Å². The number of aliphatic hydroxyl groups is 1. The van der Waals surface area contributed by atoms with Crippen LogP contribution in [0.1, 0.15) is 34.3 Å². The summed E-state index contributed by atoms with van der Waals surface area (Å²) < 4.78 is 0. The first-order chi connectivity index (χ1) is 9.69. The van der Waals surface area contributed by atoms with Gasteiger partial charge in [0.05, 0.1) is 5.56 Å². The Morgan fingerprint density at radius 1 is 1.40 bits per heavy atom. The van der Waals surface area contributed by atoms with Gasteiger partial charge < -0.3 is 10.4 Å². The van der Waals surface area contributed by atoms with Crippen molar-refractivity contribution < 1.29 is 9.90 Å². The van der Waals surface area contributed by atoms with E-state index in [9.17, 15) is 4.79 Å². The van der Waals surface area contributed by atoms with Crippen LogP contribution in [0, 0.1) is 18.8 Å². The van der Waals surface area contributed by atoms with E-state index in [1.165, 1.54) is 0 Å². The van der Waals surface area contributed by atoms with E-state index < -0.39 is 0 Å². The first-order valence-electron chi connectivity index (χ1n) is 6.66. The number of benzene rings is 1. The fraction of sp³-hybridized carbons (Fsp3) is 0.438. The average molecular weight is 291 g/mol. The Hall–Kier alpha value is -1.44. The van der Waals surface area contributed by atoms with E-state index in [2.05, 4.69) is 23.4 Å². The molecule has 0 unspecified atom stereocenters. The molecule has 0 aromatic heterocycles. The van der Waals surface area contributed by atoms with Crippen molar-refractivity contribution in [2.24, 2.45) is 0 Å². The second-order valence-corrected chi connectivity index (χ2v) is 5.45. The van der Waals surface area contributed by atoms with Crippen LogP contribution in [0.4, 0.5) is 0 Å². The number of amides is 1. The summed E-state index contributed by atoms with van der Waals surface area (Å²) in [5.41, 5.74) is 2.28. The fourth-order valence-corrected chi connectivity index (χ4v) is 2.26. The number of hydrogen-bond donors (Lipinski definition) is 2. The number of carbonyl (C=O) groups is 1. The molecule has 0 aliphatic heterocycles. The summed E-state index contributed by atoms with van der Waals surface area (Å²) in [4.78, 5) is 12.1. The molecule has 0 aliphatic rings. The zero-order chi connectivity index (χ0) is 14.8. The Kier molecular flexibility index (Phi) is 7.86. The van der Waals surface area contributed by atoms with Crippen molar-refractivity contribution in [3.63, 3.8) is 0 Å². The van der Waals surface area contributed by atoms with Crippen LogP contribution in [-0.4, -0.2) is 36.2 Å². The van der Waals surface area contributed by atoms with Crippen LogP contribution >= 0.6 is 11.8 Å². The maximum Gasteiger partial charge on any atom is 0.252 e. The van der Waals surface area contributed by atoms with Crippen molar-refractivity contribution in [1.29, 1.82) is 0 Å². The summed E-state index contributed by atoms with van der Waals surface area (Å²) in [5, 5.41) is 11.7. The van der Waals surface area contributed by atoms with Gasteiger partial charge in [0.1, 0.15) is 6.61 Å². The van der Waals surface area contributed by atoms with Crippen LogP contribution in [0.5, 0.6) is 0 Å². The Balaban J connectivity index is 2.67. The van der Waals surface area contributed by atoms with Crippen LogP contribution in [0.15, 0.2) is 18.2 Å². The van der Waals surface area contributed by atoms with Gasteiger partial charge in [-0.05, 0) is 49.5 Å². The summed E-state index contributed by atoms with van der Waals surface area (Å²) in [6.45, 7) is 2.43. The molecule has 1 rings (SSSR count). The van der Waals surface area contributed by atoms with Gasteiger partial charge in [0, 0.05) is 12.1 Å². The number of rotatable bonds is 6. The van der Waals surface area contributed by atoms with E-state index in [1.54, 1.807) is 6.07 Å². The lowest BCUT2D eigenvalue weighted by Gasteiger charge is -2.07. The molecule has 2 N–H and O–H groups in total. The van der Waals surface area contributed by atoms with E-state index >= 15 is 0 Å². The minimum absolute atomic E-state index is 0.101. The van der Waals surface area contributed by atoms with Gasteiger partial charge in [0.2, 0.25) is 0 Å². The smallest absolute Gasteiger partial charge is 0.252 e. The fourth-order valence-electron chi connectivity index (χ4n) is 1.76. The molecule has 3 nitrogen and oxygen atoms in total. The predicted molar refractivity (Wildman–Crippen MR) is 85.1 cm³/mol. The Labute approximate surface area is 125 Å². The molecule has 0 saturated heterocycles. The van der Waals surface area contributed by atoms with Crippen LogP contribution < -0.4 is 5.32 Å². The normalized spacial score (nSPS) is 9.75. The van der Waals surface area contributed by atoms with Crippen molar-refractivity contribution in [3.05, 3.63) is 34.9 Å². The standard InChI is InChI=1S/C16H21NO2S/c1-13-7-8-15(14(12-13)6-5-10-18)16(19)17-9-3-4-11-20-2/h7-8,12,18H,3-4,9-11H2,1-2H3,(H,17,19). The summed E-state index contributed by atoms with van der Waals surface area (Å²) in [6, 6.07) is 5.55. The van der Waals surface area contributed by atoms with E-state index in [1.807, 2.05) is 30.8 Å². The molecule has 0 spiro atoms. The predicted octanol–water partition coefficient (Wildman–Crippen LogP) is 2.21. The van der Waals surface area contributed by atoms with E-state index in [0.29, 0.717) is 17.7 Å². The molecule has 0 saturated carbocycles. The van der Waals surface area contributed by atoms with Gasteiger partial charge in [-0.3, -0.25) is 4.79 Å². The monoisotopic (exact) mass is 291 g/mol. The Bertz CT molecular complexity index is 503. The van der Waals surface area contributed by atoms with Gasteiger partial charge in [-0.2, -0.15) is 11.8 Å². The summed E-state index contributed by atoms with van der Waals surface area (Å²) in [5.74, 6) is 6.44. The second-order valence-electron chi connectivity index (χ2n) is 4.46. The number of aliphatic hydroxyl groups excluding tert-OH is 1. The molecule has 1 amide bonds. The minimum atomic E-state index is -0.205. The molecule has 20 heavy (non-hydrogen) atoms. The number of carbonyl (C=O) groups excluding carboxylic acids is 1. The molecule has 1 aromatic rings. The van der Waals surface area contributed by atoms with Gasteiger partial charge in [-0.25, -0.2) is 0 Å². The van der Waals surface area contributed by atoms with E-state index in [0.717, 1.165) is 24.2 Å². The first-order valence-corrected chi connectivity index (χ1v) is 8.06. The van der Waals surface area contributed by atoms with Crippen molar-refractivity contribution in [2.45, 2.75) is 19.8 Å². The van der Waals surface area contributed by atoms with Crippen molar-refractivity contribution in [1.82, 2.24) is 5.32 Å². The van der Waals surface area contributed by atoms with Crippen molar-refractivity contribution in [2.75, 3.05) is 25.2 Å². The van der Waals surface area contributed by atoms with Crippen molar-refractivity contribution in [3.8, 4) is 11.8 Å². The van der Waals surface area contributed by atoms with Crippen LogP contribution in [0.3, 0.4) is 0 Å². The molecule has 108 valence electrons. The van der Waals surface area contributed by atoms with E-state index in [-0.39, 0.29) is 12.5 Å². The van der Waals surface area contributed by atoms with Crippen LogP contribution in [0.25, 0.3) is 0 Å².